The minimum Gasteiger partial charge on any atom is -0.494 e. The Balaban J connectivity index is 2.15. The van der Waals surface area contributed by atoms with E-state index >= 15 is 0 Å². The molecule has 0 amide bonds. The van der Waals surface area contributed by atoms with Gasteiger partial charge in [0.15, 0.2) is 11.6 Å². The van der Waals surface area contributed by atoms with Crippen molar-refractivity contribution in [2.24, 2.45) is 0 Å². The summed E-state index contributed by atoms with van der Waals surface area (Å²) >= 11 is 7.54. The molecule has 0 spiro atoms. The van der Waals surface area contributed by atoms with Crippen LogP contribution in [0.25, 0.3) is 11.0 Å². The number of methoxy groups -OCH3 is 1. The molecule has 0 saturated heterocycles. The number of rotatable bonds is 5. The van der Waals surface area contributed by atoms with Crippen molar-refractivity contribution in [2.45, 2.75) is 13.0 Å². The van der Waals surface area contributed by atoms with Gasteiger partial charge in [0, 0.05) is 29.3 Å². The lowest BCUT2D eigenvalue weighted by Crippen LogP contribution is -2.05. The van der Waals surface area contributed by atoms with Gasteiger partial charge in [0.1, 0.15) is 5.82 Å². The first-order valence-electron chi connectivity index (χ1n) is 6.54. The zero-order chi connectivity index (χ0) is 14.8. The molecule has 110 valence electrons. The van der Waals surface area contributed by atoms with E-state index in [1.54, 1.807) is 17.4 Å². The number of ether oxygens (including phenoxy) is 1. The number of benzene rings is 1. The van der Waals surface area contributed by atoms with E-state index in [1.807, 2.05) is 11.4 Å². The van der Waals surface area contributed by atoms with E-state index in [-0.39, 0.29) is 5.75 Å². The fourth-order valence-corrected chi connectivity index (χ4v) is 3.20. The Kier molecular flexibility index (Phi) is 4.12. The van der Waals surface area contributed by atoms with E-state index in [0.29, 0.717) is 24.4 Å². The maximum atomic E-state index is 13.8. The molecule has 0 aliphatic heterocycles. The first kappa shape index (κ1) is 14.4. The quantitative estimate of drug-likeness (QED) is 0.661. The summed E-state index contributed by atoms with van der Waals surface area (Å²) in [6.45, 7) is 0.704. The molecule has 1 aromatic carbocycles. The van der Waals surface area contributed by atoms with E-state index in [9.17, 15) is 4.39 Å². The maximum absolute atomic E-state index is 13.8. The van der Waals surface area contributed by atoms with Gasteiger partial charge < -0.3 is 9.30 Å². The van der Waals surface area contributed by atoms with Gasteiger partial charge in [-0.05, 0) is 11.4 Å². The average Bonchev–Trinajstić information content (AvgIpc) is 3.08. The highest BCUT2D eigenvalue weighted by Gasteiger charge is 2.15. The fourth-order valence-electron chi connectivity index (χ4n) is 2.34. The molecule has 0 aliphatic carbocycles. The molecule has 0 saturated carbocycles. The van der Waals surface area contributed by atoms with E-state index in [0.717, 1.165) is 11.3 Å². The molecule has 3 rings (SSSR count). The number of hydrogen-bond donors (Lipinski definition) is 0. The molecule has 0 aliphatic rings. The molecule has 0 unspecified atom stereocenters. The number of alkyl halides is 1. The Bertz CT molecular complexity index is 755. The molecular formula is C15H14ClFN2OS. The fraction of sp³-hybridized carbons (Fsp3) is 0.267. The second-order valence-corrected chi connectivity index (χ2v) is 6.02. The third-order valence-corrected chi connectivity index (χ3v) is 4.36. The van der Waals surface area contributed by atoms with Crippen LogP contribution in [-0.2, 0) is 13.0 Å². The summed E-state index contributed by atoms with van der Waals surface area (Å²) < 4.78 is 21.0. The molecule has 3 aromatic rings. The number of aryl methyl sites for hydroxylation is 1. The van der Waals surface area contributed by atoms with Crippen LogP contribution in [0.3, 0.4) is 0 Å². The first-order valence-corrected chi connectivity index (χ1v) is 7.95. The van der Waals surface area contributed by atoms with Crippen LogP contribution in [0.15, 0.2) is 29.6 Å². The zero-order valence-corrected chi connectivity index (χ0v) is 13.0. The minimum absolute atomic E-state index is 0.229. The van der Waals surface area contributed by atoms with Crippen LogP contribution >= 0.6 is 22.9 Å². The van der Waals surface area contributed by atoms with Crippen molar-refractivity contribution in [2.75, 3.05) is 13.0 Å². The maximum Gasteiger partial charge on any atom is 0.167 e. The predicted octanol–water partition coefficient (Wildman–Crippen LogP) is 4.08. The summed E-state index contributed by atoms with van der Waals surface area (Å²) in [7, 11) is 1.46. The molecular weight excluding hydrogens is 311 g/mol. The largest absolute Gasteiger partial charge is 0.494 e. The van der Waals surface area contributed by atoms with Crippen molar-refractivity contribution >= 4 is 34.0 Å². The molecule has 0 radical (unpaired) electrons. The highest BCUT2D eigenvalue weighted by Crippen LogP contribution is 2.27. The van der Waals surface area contributed by atoms with Crippen molar-refractivity contribution in [3.8, 4) is 5.75 Å². The van der Waals surface area contributed by atoms with Gasteiger partial charge >= 0.3 is 0 Å². The van der Waals surface area contributed by atoms with E-state index in [2.05, 4.69) is 15.6 Å². The topological polar surface area (TPSA) is 27.1 Å². The van der Waals surface area contributed by atoms with Crippen LogP contribution < -0.4 is 4.74 Å². The monoisotopic (exact) mass is 324 g/mol. The zero-order valence-electron chi connectivity index (χ0n) is 11.5. The minimum atomic E-state index is -0.400. The Morgan fingerprint density at radius 3 is 2.95 bits per heavy atom. The van der Waals surface area contributed by atoms with Crippen LogP contribution in [0.4, 0.5) is 4.39 Å². The van der Waals surface area contributed by atoms with Gasteiger partial charge in [0.2, 0.25) is 0 Å². The summed E-state index contributed by atoms with van der Waals surface area (Å²) in [6.07, 6.45) is 0.644. The van der Waals surface area contributed by atoms with Crippen molar-refractivity contribution in [1.29, 1.82) is 0 Å². The van der Waals surface area contributed by atoms with Gasteiger partial charge in [-0.1, -0.05) is 6.07 Å². The lowest BCUT2D eigenvalue weighted by atomic mass is 10.3. The van der Waals surface area contributed by atoms with Crippen LogP contribution in [0, 0.1) is 5.82 Å². The highest BCUT2D eigenvalue weighted by molar-refractivity contribution is 7.09. The first-order chi connectivity index (χ1) is 10.2. The van der Waals surface area contributed by atoms with E-state index in [4.69, 9.17) is 16.3 Å². The van der Waals surface area contributed by atoms with Gasteiger partial charge in [-0.15, -0.1) is 22.9 Å². The number of hydrogen-bond acceptors (Lipinski definition) is 3. The molecule has 0 atom stereocenters. The summed E-state index contributed by atoms with van der Waals surface area (Å²) in [4.78, 5) is 5.72. The van der Waals surface area contributed by atoms with Crippen molar-refractivity contribution in [1.82, 2.24) is 9.55 Å². The summed E-state index contributed by atoms with van der Waals surface area (Å²) in [6, 6.07) is 7.20. The lowest BCUT2D eigenvalue weighted by molar-refractivity contribution is 0.387. The molecule has 2 heterocycles. The predicted molar refractivity (Wildman–Crippen MR) is 84.1 cm³/mol. The third kappa shape index (κ3) is 2.76. The SMILES string of the molecule is COc1cc2c(cc1F)nc(CCCl)n2Cc1cccs1. The summed E-state index contributed by atoms with van der Waals surface area (Å²) in [5.74, 6) is 1.17. The molecule has 21 heavy (non-hydrogen) atoms. The normalized spacial score (nSPS) is 11.2. The summed E-state index contributed by atoms with van der Waals surface area (Å²) in [5, 5.41) is 2.04. The number of fused-ring (bicyclic) bond motifs is 1. The molecule has 0 fully saturated rings. The van der Waals surface area contributed by atoms with Crippen LogP contribution in [0.1, 0.15) is 10.7 Å². The van der Waals surface area contributed by atoms with Crippen LogP contribution in [0.5, 0.6) is 5.75 Å². The second-order valence-electron chi connectivity index (χ2n) is 4.61. The average molecular weight is 325 g/mol. The Hall–Kier alpha value is -1.59. The number of aromatic nitrogens is 2. The molecule has 0 bridgehead atoms. The van der Waals surface area contributed by atoms with Crippen molar-refractivity contribution in [3.63, 3.8) is 0 Å². The molecule has 2 aromatic heterocycles. The van der Waals surface area contributed by atoms with Crippen LogP contribution in [-0.4, -0.2) is 22.5 Å². The number of imidazole rings is 1. The van der Waals surface area contributed by atoms with Gasteiger partial charge in [0.25, 0.3) is 0 Å². The lowest BCUT2D eigenvalue weighted by Gasteiger charge is -2.08. The third-order valence-electron chi connectivity index (χ3n) is 3.31. The Morgan fingerprint density at radius 1 is 1.43 bits per heavy atom. The second kappa shape index (κ2) is 6.03. The van der Waals surface area contributed by atoms with Gasteiger partial charge in [-0.25, -0.2) is 9.37 Å². The van der Waals surface area contributed by atoms with E-state index in [1.165, 1.54) is 18.1 Å². The number of halogens is 2. The number of nitrogens with zero attached hydrogens (tertiary/aromatic N) is 2. The van der Waals surface area contributed by atoms with Gasteiger partial charge in [-0.2, -0.15) is 0 Å². The Morgan fingerprint density at radius 2 is 2.29 bits per heavy atom. The van der Waals surface area contributed by atoms with Crippen molar-refractivity contribution in [3.05, 3.63) is 46.2 Å². The van der Waals surface area contributed by atoms with E-state index < -0.39 is 5.82 Å². The van der Waals surface area contributed by atoms with Crippen molar-refractivity contribution < 1.29 is 9.13 Å². The number of thiophene rings is 1. The Labute approximate surface area is 130 Å². The smallest absolute Gasteiger partial charge is 0.167 e. The highest BCUT2D eigenvalue weighted by atomic mass is 35.5. The van der Waals surface area contributed by atoms with Gasteiger partial charge in [0.05, 0.1) is 24.7 Å². The molecule has 6 heteroatoms. The molecule has 3 nitrogen and oxygen atoms in total. The summed E-state index contributed by atoms with van der Waals surface area (Å²) in [5.41, 5.74) is 1.49. The standard InChI is InChI=1S/C15H14ClFN2OS/c1-20-14-8-13-12(7-11(14)17)18-15(4-5-16)19(13)9-10-3-2-6-21-10/h2-3,6-8H,4-5,9H2,1H3. The van der Waals surface area contributed by atoms with Gasteiger partial charge in [-0.3, -0.25) is 0 Å². The molecule has 0 N–H and O–H groups in total. The van der Waals surface area contributed by atoms with Crippen LogP contribution in [0.2, 0.25) is 0 Å².